The van der Waals surface area contributed by atoms with Gasteiger partial charge in [0, 0.05) is 6.54 Å². The minimum atomic E-state index is -0.0125. The zero-order chi connectivity index (χ0) is 15.2. The maximum absolute atomic E-state index is 5.62. The average Bonchev–Trinajstić information content (AvgIpc) is 2.92. The number of ether oxygens (including phenoxy) is 1. The molecule has 6 nitrogen and oxygen atoms in total. The van der Waals surface area contributed by atoms with Crippen molar-refractivity contribution in [2.24, 2.45) is 0 Å². The first-order valence-electron chi connectivity index (χ1n) is 7.11. The molecule has 0 aliphatic heterocycles. The van der Waals surface area contributed by atoms with Crippen LogP contribution in [0.2, 0.25) is 0 Å². The predicted molar refractivity (Wildman–Crippen MR) is 82.8 cm³/mol. The summed E-state index contributed by atoms with van der Waals surface area (Å²) in [4.78, 5) is 8.48. The first-order valence-corrected chi connectivity index (χ1v) is 7.11. The van der Waals surface area contributed by atoms with Gasteiger partial charge in [-0.1, -0.05) is 6.92 Å². The van der Waals surface area contributed by atoms with Gasteiger partial charge in [0.2, 0.25) is 5.75 Å². The van der Waals surface area contributed by atoms with Crippen LogP contribution >= 0.6 is 0 Å². The summed E-state index contributed by atoms with van der Waals surface area (Å²) in [6.45, 7) is 6.87. The van der Waals surface area contributed by atoms with Crippen LogP contribution in [0.3, 0.4) is 0 Å². The highest BCUT2D eigenvalue weighted by molar-refractivity contribution is 5.63. The molecule has 0 spiro atoms. The van der Waals surface area contributed by atoms with Gasteiger partial charge in [0.1, 0.15) is 17.8 Å². The number of aryl methyl sites for hydroxylation is 1. The van der Waals surface area contributed by atoms with E-state index in [0.29, 0.717) is 17.4 Å². The molecular weight excluding hydrogens is 268 g/mol. The molecule has 0 radical (unpaired) electrons. The summed E-state index contributed by atoms with van der Waals surface area (Å²) in [5.41, 5.74) is 0. The molecular formula is C15H22N4O2. The molecule has 2 heterocycles. The van der Waals surface area contributed by atoms with Gasteiger partial charge in [-0.2, -0.15) is 0 Å². The second-order valence-electron chi connectivity index (χ2n) is 4.85. The molecule has 2 N–H and O–H groups in total. The van der Waals surface area contributed by atoms with Crippen LogP contribution in [0.1, 0.15) is 37.8 Å². The van der Waals surface area contributed by atoms with E-state index >= 15 is 0 Å². The minimum absolute atomic E-state index is 0.0125. The van der Waals surface area contributed by atoms with E-state index in [9.17, 15) is 0 Å². The van der Waals surface area contributed by atoms with Crippen molar-refractivity contribution in [3.63, 3.8) is 0 Å². The molecule has 1 unspecified atom stereocenters. The fourth-order valence-corrected chi connectivity index (χ4v) is 2.00. The van der Waals surface area contributed by atoms with E-state index in [1.54, 1.807) is 7.11 Å². The van der Waals surface area contributed by atoms with Gasteiger partial charge in [-0.05, 0) is 32.4 Å². The van der Waals surface area contributed by atoms with Crippen molar-refractivity contribution in [2.45, 2.75) is 33.2 Å². The van der Waals surface area contributed by atoms with Gasteiger partial charge in [-0.25, -0.2) is 9.97 Å². The Morgan fingerprint density at radius 2 is 2.05 bits per heavy atom. The Morgan fingerprint density at radius 1 is 1.29 bits per heavy atom. The van der Waals surface area contributed by atoms with Gasteiger partial charge < -0.3 is 19.8 Å². The number of anilines is 2. The molecule has 0 fully saturated rings. The van der Waals surface area contributed by atoms with Crippen LogP contribution in [0.5, 0.6) is 5.75 Å². The lowest BCUT2D eigenvalue weighted by atomic mass is 10.2. The second-order valence-corrected chi connectivity index (χ2v) is 4.85. The maximum atomic E-state index is 5.62. The number of nitrogens with zero attached hydrogens (tertiary/aromatic N) is 2. The number of aromatic nitrogens is 2. The summed E-state index contributed by atoms with van der Waals surface area (Å²) < 4.78 is 11.1. The molecule has 0 aliphatic rings. The van der Waals surface area contributed by atoms with E-state index in [1.807, 2.05) is 26.0 Å². The molecule has 2 rings (SSSR count). The molecule has 0 amide bonds. The largest absolute Gasteiger partial charge is 0.490 e. The van der Waals surface area contributed by atoms with Crippen LogP contribution in [0.4, 0.5) is 11.6 Å². The summed E-state index contributed by atoms with van der Waals surface area (Å²) in [5, 5.41) is 6.53. The van der Waals surface area contributed by atoms with Crippen molar-refractivity contribution < 1.29 is 9.15 Å². The summed E-state index contributed by atoms with van der Waals surface area (Å²) in [5.74, 6) is 3.70. The van der Waals surface area contributed by atoms with E-state index in [1.165, 1.54) is 6.33 Å². The van der Waals surface area contributed by atoms with Gasteiger partial charge in [-0.15, -0.1) is 0 Å². The lowest BCUT2D eigenvalue weighted by Crippen LogP contribution is -2.11. The SMILES string of the molecule is CCCNc1ncnc(NC(C)c2ccc(C)o2)c1OC. The summed E-state index contributed by atoms with van der Waals surface area (Å²) in [7, 11) is 1.61. The molecule has 0 saturated carbocycles. The van der Waals surface area contributed by atoms with Gasteiger partial charge in [0.25, 0.3) is 0 Å². The Bertz CT molecular complexity index is 583. The monoisotopic (exact) mass is 290 g/mol. The first-order chi connectivity index (χ1) is 10.2. The van der Waals surface area contributed by atoms with Crippen LogP contribution in [0.15, 0.2) is 22.9 Å². The number of hydrogen-bond donors (Lipinski definition) is 2. The smallest absolute Gasteiger partial charge is 0.204 e. The molecule has 6 heteroatoms. The van der Waals surface area contributed by atoms with E-state index < -0.39 is 0 Å². The highest BCUT2D eigenvalue weighted by Crippen LogP contribution is 2.31. The van der Waals surface area contributed by atoms with Crippen LogP contribution < -0.4 is 15.4 Å². The number of furan rings is 1. The lowest BCUT2D eigenvalue weighted by Gasteiger charge is -2.17. The van der Waals surface area contributed by atoms with Gasteiger partial charge in [0.05, 0.1) is 13.2 Å². The van der Waals surface area contributed by atoms with Crippen molar-refractivity contribution in [3.05, 3.63) is 30.0 Å². The third-order valence-electron chi connectivity index (χ3n) is 3.09. The van der Waals surface area contributed by atoms with E-state index in [4.69, 9.17) is 9.15 Å². The first kappa shape index (κ1) is 15.2. The van der Waals surface area contributed by atoms with E-state index in [-0.39, 0.29) is 6.04 Å². The molecule has 21 heavy (non-hydrogen) atoms. The second kappa shape index (κ2) is 6.97. The Hall–Kier alpha value is -2.24. The topological polar surface area (TPSA) is 72.2 Å². The molecule has 114 valence electrons. The maximum Gasteiger partial charge on any atom is 0.204 e. The number of rotatable bonds is 7. The normalized spacial score (nSPS) is 12.0. The number of methoxy groups -OCH3 is 1. The van der Waals surface area contributed by atoms with E-state index in [2.05, 4.69) is 27.5 Å². The Labute approximate surface area is 124 Å². The minimum Gasteiger partial charge on any atom is -0.490 e. The van der Waals surface area contributed by atoms with E-state index in [0.717, 1.165) is 24.5 Å². The molecule has 0 bridgehead atoms. The molecule has 1 atom stereocenters. The summed E-state index contributed by atoms with van der Waals surface area (Å²) in [6, 6.07) is 3.89. The van der Waals surface area contributed by atoms with Crippen LogP contribution in [-0.4, -0.2) is 23.6 Å². The Morgan fingerprint density at radius 3 is 2.67 bits per heavy atom. The van der Waals surface area contributed by atoms with Gasteiger partial charge >= 0.3 is 0 Å². The fraction of sp³-hybridized carbons (Fsp3) is 0.467. The molecule has 0 aromatic carbocycles. The summed E-state index contributed by atoms with van der Waals surface area (Å²) >= 11 is 0. The molecule has 2 aromatic heterocycles. The highest BCUT2D eigenvalue weighted by Gasteiger charge is 2.16. The van der Waals surface area contributed by atoms with Crippen molar-refractivity contribution in [2.75, 3.05) is 24.3 Å². The van der Waals surface area contributed by atoms with Crippen molar-refractivity contribution in [1.82, 2.24) is 9.97 Å². The molecule has 0 saturated heterocycles. The Balaban J connectivity index is 2.18. The van der Waals surface area contributed by atoms with Gasteiger partial charge in [-0.3, -0.25) is 0 Å². The summed E-state index contributed by atoms with van der Waals surface area (Å²) in [6.07, 6.45) is 2.53. The molecule has 2 aromatic rings. The standard InChI is InChI=1S/C15H22N4O2/c1-5-8-16-14-13(20-4)15(18-9-17-14)19-11(3)12-7-6-10(2)21-12/h6-7,9,11H,5,8H2,1-4H3,(H2,16,17,18,19). The quantitative estimate of drug-likeness (QED) is 0.814. The van der Waals surface area contributed by atoms with Crippen LogP contribution in [-0.2, 0) is 0 Å². The van der Waals surface area contributed by atoms with Crippen molar-refractivity contribution >= 4 is 11.6 Å². The average molecular weight is 290 g/mol. The van der Waals surface area contributed by atoms with Crippen molar-refractivity contribution in [1.29, 1.82) is 0 Å². The van der Waals surface area contributed by atoms with Crippen LogP contribution in [0.25, 0.3) is 0 Å². The van der Waals surface area contributed by atoms with Crippen LogP contribution in [0, 0.1) is 6.92 Å². The van der Waals surface area contributed by atoms with Gasteiger partial charge in [0.15, 0.2) is 11.6 Å². The fourth-order valence-electron chi connectivity index (χ4n) is 2.00. The number of nitrogens with one attached hydrogen (secondary N) is 2. The predicted octanol–water partition coefficient (Wildman–Crippen LogP) is 3.38. The lowest BCUT2D eigenvalue weighted by molar-refractivity contribution is 0.413. The number of hydrogen-bond acceptors (Lipinski definition) is 6. The third kappa shape index (κ3) is 3.65. The highest BCUT2D eigenvalue weighted by atomic mass is 16.5. The Kier molecular flexibility index (Phi) is 5.03. The zero-order valence-corrected chi connectivity index (χ0v) is 12.9. The third-order valence-corrected chi connectivity index (χ3v) is 3.09. The zero-order valence-electron chi connectivity index (χ0n) is 12.9. The molecule has 0 aliphatic carbocycles. The van der Waals surface area contributed by atoms with Crippen molar-refractivity contribution in [3.8, 4) is 5.75 Å².